The number of amides is 1. The summed E-state index contributed by atoms with van der Waals surface area (Å²) in [6, 6.07) is 1.91. The molecule has 0 saturated carbocycles. The number of benzene rings is 1. The minimum absolute atomic E-state index is 0.160. The van der Waals surface area contributed by atoms with E-state index < -0.39 is 37.5 Å². The average molecular weight is 317 g/mol. The van der Waals surface area contributed by atoms with Crippen LogP contribution in [0.4, 0.5) is 5.69 Å². The van der Waals surface area contributed by atoms with E-state index in [2.05, 4.69) is 0 Å². The molecule has 1 unspecified atom stereocenters. The summed E-state index contributed by atoms with van der Waals surface area (Å²) in [7, 11) is -4.27. The van der Waals surface area contributed by atoms with Gasteiger partial charge in [0.1, 0.15) is 10.6 Å². The van der Waals surface area contributed by atoms with Crippen molar-refractivity contribution in [3.8, 4) is 5.75 Å². The van der Waals surface area contributed by atoms with Gasteiger partial charge < -0.3 is 10.5 Å². The molecule has 1 rings (SSSR count). The van der Waals surface area contributed by atoms with Crippen LogP contribution < -0.4 is 15.6 Å². The number of aryl methyl sites for hydroxylation is 1. The third-order valence-corrected chi connectivity index (χ3v) is 3.61. The zero-order valence-electron chi connectivity index (χ0n) is 11.4. The molecular weight excluding hydrogens is 302 g/mol. The van der Waals surface area contributed by atoms with E-state index in [1.54, 1.807) is 6.92 Å². The molecule has 0 bridgehead atoms. The summed E-state index contributed by atoms with van der Waals surface area (Å²) < 4.78 is 28.5. The zero-order valence-corrected chi connectivity index (χ0v) is 12.2. The molecule has 1 aromatic carbocycles. The number of carbonyl (C=O) groups is 1. The van der Waals surface area contributed by atoms with E-state index in [1.807, 2.05) is 0 Å². The normalized spacial score (nSPS) is 12.7. The molecular formula is C11H15N3O6S. The smallest absolute Gasteiger partial charge is 0.271 e. The highest BCUT2D eigenvalue weighted by atomic mass is 32.2. The lowest BCUT2D eigenvalue weighted by Crippen LogP contribution is -2.33. The number of carbonyl (C=O) groups excluding carboxylic acids is 1. The molecule has 1 amide bonds. The molecule has 0 spiro atoms. The molecule has 0 heterocycles. The number of nitrogens with zero attached hydrogens (tertiary/aromatic N) is 1. The van der Waals surface area contributed by atoms with Crippen LogP contribution in [-0.2, 0) is 14.8 Å². The first kappa shape index (κ1) is 16.9. The van der Waals surface area contributed by atoms with E-state index >= 15 is 0 Å². The zero-order chi connectivity index (χ0) is 16.4. The molecule has 0 aliphatic rings. The van der Waals surface area contributed by atoms with Gasteiger partial charge in [0, 0.05) is 12.1 Å². The molecule has 116 valence electrons. The van der Waals surface area contributed by atoms with Crippen LogP contribution in [0.15, 0.2) is 17.0 Å². The van der Waals surface area contributed by atoms with E-state index in [-0.39, 0.29) is 17.7 Å². The predicted octanol–water partition coefficient (Wildman–Crippen LogP) is 0.193. The number of ether oxygens (including phenoxy) is 1. The highest BCUT2D eigenvalue weighted by molar-refractivity contribution is 7.89. The largest absolute Gasteiger partial charge is 0.479 e. The topological polar surface area (TPSA) is 156 Å². The van der Waals surface area contributed by atoms with E-state index in [0.29, 0.717) is 0 Å². The Labute approximate surface area is 121 Å². The summed E-state index contributed by atoms with van der Waals surface area (Å²) >= 11 is 0. The van der Waals surface area contributed by atoms with Gasteiger partial charge in [-0.2, -0.15) is 0 Å². The van der Waals surface area contributed by atoms with Gasteiger partial charge in [-0.3, -0.25) is 14.9 Å². The Bertz CT molecular complexity index is 685. The maximum Gasteiger partial charge on any atom is 0.271 e. The maximum atomic E-state index is 11.6. The van der Waals surface area contributed by atoms with Crippen LogP contribution in [0.25, 0.3) is 0 Å². The molecule has 1 aromatic rings. The van der Waals surface area contributed by atoms with Gasteiger partial charge in [0.05, 0.1) is 4.92 Å². The summed E-state index contributed by atoms with van der Waals surface area (Å²) in [5.41, 5.74) is 4.84. The fourth-order valence-corrected chi connectivity index (χ4v) is 2.43. The lowest BCUT2D eigenvalue weighted by atomic mass is 10.2. The Kier molecular flexibility index (Phi) is 4.86. The van der Waals surface area contributed by atoms with Gasteiger partial charge >= 0.3 is 0 Å². The van der Waals surface area contributed by atoms with E-state index in [1.165, 1.54) is 6.92 Å². The van der Waals surface area contributed by atoms with Gasteiger partial charge in [-0.25, -0.2) is 13.6 Å². The molecule has 0 saturated heterocycles. The summed E-state index contributed by atoms with van der Waals surface area (Å²) in [6.45, 7) is 3.03. The van der Waals surface area contributed by atoms with Crippen LogP contribution in [0.3, 0.4) is 0 Å². The number of hydrogen-bond acceptors (Lipinski definition) is 6. The number of nitrogens with two attached hydrogens (primary N) is 2. The third kappa shape index (κ3) is 3.89. The second-order valence-electron chi connectivity index (χ2n) is 4.31. The summed E-state index contributed by atoms with van der Waals surface area (Å²) in [5.74, 6) is -0.996. The van der Waals surface area contributed by atoms with Crippen LogP contribution in [0, 0.1) is 17.0 Å². The van der Waals surface area contributed by atoms with Crippen molar-refractivity contribution >= 4 is 21.6 Å². The molecule has 0 aliphatic heterocycles. The third-order valence-electron chi connectivity index (χ3n) is 2.69. The Balaban J connectivity index is 3.50. The van der Waals surface area contributed by atoms with Gasteiger partial charge in [-0.15, -0.1) is 0 Å². The first-order chi connectivity index (χ1) is 9.57. The molecule has 0 radical (unpaired) electrons. The van der Waals surface area contributed by atoms with Crippen LogP contribution in [-0.4, -0.2) is 25.4 Å². The van der Waals surface area contributed by atoms with Crippen LogP contribution >= 0.6 is 0 Å². The number of nitro groups is 1. The van der Waals surface area contributed by atoms with Crippen molar-refractivity contribution in [1.82, 2.24) is 0 Å². The van der Waals surface area contributed by atoms with Crippen molar-refractivity contribution < 1.29 is 22.9 Å². The Morgan fingerprint density at radius 2 is 2.05 bits per heavy atom. The van der Waals surface area contributed by atoms with Gasteiger partial charge in [-0.1, -0.05) is 6.92 Å². The fourth-order valence-electron chi connectivity index (χ4n) is 1.68. The molecule has 0 aliphatic carbocycles. The number of hydrogen-bond donors (Lipinski definition) is 2. The number of nitro benzene ring substituents is 1. The number of sulfonamides is 1. The molecule has 1 atom stereocenters. The van der Waals surface area contributed by atoms with Gasteiger partial charge in [0.15, 0.2) is 6.10 Å². The number of non-ortho nitro benzene ring substituents is 1. The maximum absolute atomic E-state index is 11.6. The van der Waals surface area contributed by atoms with E-state index in [9.17, 15) is 23.3 Å². The van der Waals surface area contributed by atoms with Crippen molar-refractivity contribution in [1.29, 1.82) is 0 Å². The van der Waals surface area contributed by atoms with Crippen molar-refractivity contribution in [3.63, 3.8) is 0 Å². The van der Waals surface area contributed by atoms with Crippen LogP contribution in [0.1, 0.15) is 18.9 Å². The number of primary sulfonamides is 1. The van der Waals surface area contributed by atoms with E-state index in [4.69, 9.17) is 15.6 Å². The fraction of sp³-hybridized carbons (Fsp3) is 0.364. The lowest BCUT2D eigenvalue weighted by Gasteiger charge is -2.18. The quantitative estimate of drug-likeness (QED) is 0.563. The minimum Gasteiger partial charge on any atom is -0.479 e. The van der Waals surface area contributed by atoms with Gasteiger partial charge in [0.25, 0.3) is 11.6 Å². The predicted molar refractivity (Wildman–Crippen MR) is 73.1 cm³/mol. The van der Waals surface area contributed by atoms with Crippen molar-refractivity contribution in [2.24, 2.45) is 10.9 Å². The first-order valence-electron chi connectivity index (χ1n) is 5.85. The lowest BCUT2D eigenvalue weighted by molar-refractivity contribution is -0.385. The van der Waals surface area contributed by atoms with Gasteiger partial charge in [0.2, 0.25) is 10.0 Å². The first-order valence-corrected chi connectivity index (χ1v) is 7.40. The SMILES string of the molecule is CCC(Oc1c(C)cc([N+](=O)[O-])cc1S(N)(=O)=O)C(N)=O. The Morgan fingerprint density at radius 1 is 1.48 bits per heavy atom. The van der Waals surface area contributed by atoms with E-state index in [0.717, 1.165) is 12.1 Å². The monoisotopic (exact) mass is 317 g/mol. The second kappa shape index (κ2) is 6.06. The molecule has 4 N–H and O–H groups in total. The molecule has 0 fully saturated rings. The van der Waals surface area contributed by atoms with Crippen LogP contribution in [0.5, 0.6) is 5.75 Å². The standard InChI is InChI=1S/C11H15N3O6S/c1-3-8(11(12)15)20-10-6(2)4-7(14(16)17)5-9(10)21(13,18)19/h4-5,8H,3H2,1-2H3,(H2,12,15)(H2,13,18,19). The molecule has 21 heavy (non-hydrogen) atoms. The highest BCUT2D eigenvalue weighted by Crippen LogP contribution is 2.32. The molecule has 0 aromatic heterocycles. The van der Waals surface area contributed by atoms with Crippen molar-refractivity contribution in [3.05, 3.63) is 27.8 Å². The minimum atomic E-state index is -4.27. The number of rotatable bonds is 6. The molecule has 10 heteroatoms. The van der Waals surface area contributed by atoms with Crippen molar-refractivity contribution in [2.75, 3.05) is 0 Å². The highest BCUT2D eigenvalue weighted by Gasteiger charge is 2.26. The summed E-state index contributed by atoms with van der Waals surface area (Å²) in [5, 5.41) is 15.8. The Morgan fingerprint density at radius 3 is 2.43 bits per heavy atom. The Hall–Kier alpha value is -2.20. The average Bonchev–Trinajstić information content (AvgIpc) is 2.34. The van der Waals surface area contributed by atoms with Gasteiger partial charge in [-0.05, 0) is 18.9 Å². The number of primary amides is 1. The van der Waals surface area contributed by atoms with Crippen molar-refractivity contribution in [2.45, 2.75) is 31.3 Å². The molecule has 9 nitrogen and oxygen atoms in total. The summed E-state index contributed by atoms with van der Waals surface area (Å²) in [6.07, 6.45) is -0.860. The summed E-state index contributed by atoms with van der Waals surface area (Å²) in [4.78, 5) is 20.7. The van der Waals surface area contributed by atoms with Crippen LogP contribution in [0.2, 0.25) is 0 Å². The second-order valence-corrected chi connectivity index (χ2v) is 5.84.